The lowest BCUT2D eigenvalue weighted by molar-refractivity contribution is -0.0190. The molecular formula is C22H28N4O4S. The van der Waals surface area contributed by atoms with E-state index in [1.807, 2.05) is 0 Å². The van der Waals surface area contributed by atoms with Crippen molar-refractivity contribution in [3.05, 3.63) is 46.2 Å². The molecule has 0 bridgehead atoms. The molecule has 1 fully saturated rings. The molecule has 2 amide bonds. The first kappa shape index (κ1) is 20.5. The third-order valence-electron chi connectivity index (χ3n) is 6.48. The third-order valence-corrected chi connectivity index (χ3v) is 7.73. The molecule has 8 nitrogen and oxygen atoms in total. The fourth-order valence-corrected chi connectivity index (χ4v) is 5.74. The Morgan fingerprint density at radius 2 is 1.84 bits per heavy atom. The number of nitrogens with one attached hydrogen (secondary N) is 3. The second-order valence-electron chi connectivity index (χ2n) is 8.78. The summed E-state index contributed by atoms with van der Waals surface area (Å²) >= 11 is 0. The van der Waals surface area contributed by atoms with E-state index in [1.165, 1.54) is 34.6 Å². The van der Waals surface area contributed by atoms with E-state index in [-0.39, 0.29) is 17.2 Å². The smallest absolute Gasteiger partial charge is 0.332 e. The van der Waals surface area contributed by atoms with E-state index in [4.69, 9.17) is 19.7 Å². The predicted molar refractivity (Wildman–Crippen MR) is 116 cm³/mol. The van der Waals surface area contributed by atoms with Gasteiger partial charge in [-0.1, -0.05) is 6.07 Å². The van der Waals surface area contributed by atoms with Crippen LogP contribution in [-0.4, -0.2) is 22.4 Å². The van der Waals surface area contributed by atoms with Crippen LogP contribution >= 0.6 is 0 Å². The maximum absolute atomic E-state index is 12.9. The zero-order chi connectivity index (χ0) is 21.6. The Bertz CT molecular complexity index is 1090. The molecule has 3 aliphatic rings. The zero-order valence-electron chi connectivity index (χ0n) is 17.4. The molecule has 9 heteroatoms. The van der Waals surface area contributed by atoms with E-state index in [2.05, 4.69) is 16.1 Å². The largest absolute Gasteiger partial charge is 0.452 e. The molecule has 5 N–H and O–H groups in total. The van der Waals surface area contributed by atoms with Crippen LogP contribution in [0.15, 0.2) is 27.9 Å². The molecule has 1 aromatic heterocycles. The molecule has 0 spiro atoms. The van der Waals surface area contributed by atoms with Gasteiger partial charge in [0.25, 0.3) is 0 Å². The number of rotatable bonds is 6. The van der Waals surface area contributed by atoms with Gasteiger partial charge in [-0.25, -0.2) is 18.5 Å². The molecule has 0 radical (unpaired) electrons. The highest BCUT2D eigenvalue weighted by atomic mass is 32.2. The lowest BCUT2D eigenvalue weighted by Crippen LogP contribution is -2.41. The second kappa shape index (κ2) is 7.96. The maximum Gasteiger partial charge on any atom is 0.332 e. The van der Waals surface area contributed by atoms with Crippen LogP contribution in [0.1, 0.15) is 53.5 Å². The van der Waals surface area contributed by atoms with Crippen molar-refractivity contribution in [2.45, 2.75) is 75.2 Å². The number of ether oxygens (including phenoxy) is 1. The van der Waals surface area contributed by atoms with Crippen LogP contribution < -0.4 is 15.8 Å². The first-order chi connectivity index (χ1) is 14.9. The molecule has 1 unspecified atom stereocenters. The Labute approximate surface area is 182 Å². The monoisotopic (exact) mass is 444 g/mol. The molecule has 2 aromatic rings. The lowest BCUT2D eigenvalue weighted by atomic mass is 9.90. The number of hydrogen-bond donors (Lipinski definition) is 4. The average molecular weight is 445 g/mol. The van der Waals surface area contributed by atoms with Crippen LogP contribution in [0.25, 0.3) is 0 Å². The molecule has 0 saturated heterocycles. The summed E-state index contributed by atoms with van der Waals surface area (Å²) in [6.07, 6.45) is 9.27. The van der Waals surface area contributed by atoms with Gasteiger partial charge in [-0.15, -0.1) is 0 Å². The Kier molecular flexibility index (Phi) is 5.27. The third kappa shape index (κ3) is 4.09. The van der Waals surface area contributed by atoms with Crippen LogP contribution in [0.3, 0.4) is 0 Å². The summed E-state index contributed by atoms with van der Waals surface area (Å²) in [5, 5.41) is 2.82. The number of aryl methyl sites for hydroxylation is 2. The minimum atomic E-state index is -3.63. The summed E-state index contributed by atoms with van der Waals surface area (Å²) in [7, 11) is -3.63. The molecule has 5 rings (SSSR count). The quantitative estimate of drug-likeness (QED) is 0.542. The Hall–Kier alpha value is -2.36. The lowest BCUT2D eigenvalue weighted by Gasteiger charge is -2.31. The number of carbonyl (C=O) groups excluding carboxylic acids is 1. The van der Waals surface area contributed by atoms with Crippen molar-refractivity contribution in [3.8, 4) is 0 Å². The minimum absolute atomic E-state index is 0.0879. The number of carbonyl (C=O) groups is 1. The number of urea groups is 1. The SMILES string of the molecule is N=S(=O)(NC(=O)Nc1c2c(cc3c1CCC3)CCC2)c1cc(COC2CC(N)C2)co1. The predicted octanol–water partition coefficient (Wildman–Crippen LogP) is 3.41. The molecule has 1 heterocycles. The van der Waals surface area contributed by atoms with Gasteiger partial charge < -0.3 is 20.2 Å². The summed E-state index contributed by atoms with van der Waals surface area (Å²) in [4.78, 5) is 12.7. The van der Waals surface area contributed by atoms with E-state index in [1.54, 1.807) is 0 Å². The van der Waals surface area contributed by atoms with Crippen molar-refractivity contribution in [1.82, 2.24) is 4.72 Å². The first-order valence-electron chi connectivity index (χ1n) is 10.9. The number of anilines is 1. The maximum atomic E-state index is 12.9. The summed E-state index contributed by atoms with van der Waals surface area (Å²) < 4.78 is 34.4. The van der Waals surface area contributed by atoms with Gasteiger partial charge >= 0.3 is 6.03 Å². The zero-order valence-corrected chi connectivity index (χ0v) is 18.2. The number of amides is 2. The van der Waals surface area contributed by atoms with Crippen LogP contribution in [0.2, 0.25) is 0 Å². The Morgan fingerprint density at radius 3 is 2.48 bits per heavy atom. The van der Waals surface area contributed by atoms with Crippen molar-refractivity contribution < 1.29 is 18.2 Å². The second-order valence-corrected chi connectivity index (χ2v) is 10.5. The highest BCUT2D eigenvalue weighted by Crippen LogP contribution is 2.38. The molecule has 31 heavy (non-hydrogen) atoms. The van der Waals surface area contributed by atoms with Crippen molar-refractivity contribution >= 4 is 21.6 Å². The standard InChI is InChI=1S/C22H28N4O4S/c23-16-9-17(10-16)29-11-13-7-20(30-12-13)31(24,28)26-22(27)25-21-18-5-1-3-14(18)8-15-4-2-6-19(15)21/h7-8,12,16-17H,1-6,9-11,23H2,(H3,24,25,26,27,28). The van der Waals surface area contributed by atoms with E-state index >= 15 is 0 Å². The number of hydrogen-bond acceptors (Lipinski definition) is 6. The van der Waals surface area contributed by atoms with Crippen LogP contribution in [0.5, 0.6) is 0 Å². The van der Waals surface area contributed by atoms with Gasteiger partial charge in [0.15, 0.2) is 9.92 Å². The number of fused-ring (bicyclic) bond motifs is 2. The molecule has 1 aromatic carbocycles. The normalized spacial score (nSPS) is 23.5. The van der Waals surface area contributed by atoms with Crippen molar-refractivity contribution in [2.24, 2.45) is 5.73 Å². The molecule has 1 atom stereocenters. The highest BCUT2D eigenvalue weighted by Gasteiger charge is 2.28. The molecule has 166 valence electrons. The Balaban J connectivity index is 1.26. The number of nitrogens with two attached hydrogens (primary N) is 1. The number of furan rings is 1. The Morgan fingerprint density at radius 1 is 1.16 bits per heavy atom. The summed E-state index contributed by atoms with van der Waals surface area (Å²) in [6.45, 7) is 0.297. The summed E-state index contributed by atoms with van der Waals surface area (Å²) in [5.74, 6) is 0. The van der Waals surface area contributed by atoms with Gasteiger partial charge in [-0.3, -0.25) is 0 Å². The van der Waals surface area contributed by atoms with E-state index < -0.39 is 15.9 Å². The average Bonchev–Trinajstić information content (AvgIpc) is 3.43. The topological polar surface area (TPSA) is 130 Å². The van der Waals surface area contributed by atoms with Gasteiger partial charge in [0.2, 0.25) is 5.09 Å². The van der Waals surface area contributed by atoms with E-state index in [9.17, 15) is 9.00 Å². The fraction of sp³-hybridized carbons (Fsp3) is 0.500. The van der Waals surface area contributed by atoms with Gasteiger partial charge in [0, 0.05) is 23.4 Å². The van der Waals surface area contributed by atoms with Crippen LogP contribution in [-0.2, 0) is 46.9 Å². The molecule has 1 saturated carbocycles. The van der Waals surface area contributed by atoms with E-state index in [0.717, 1.165) is 57.1 Å². The van der Waals surface area contributed by atoms with Crippen LogP contribution in [0, 0.1) is 4.78 Å². The van der Waals surface area contributed by atoms with Gasteiger partial charge in [0.1, 0.15) is 0 Å². The summed E-state index contributed by atoms with van der Waals surface area (Å²) in [6, 6.07) is 3.34. The van der Waals surface area contributed by atoms with Gasteiger partial charge in [-0.2, -0.15) is 0 Å². The fourth-order valence-electron chi connectivity index (χ4n) is 4.82. The van der Waals surface area contributed by atoms with Gasteiger partial charge in [0.05, 0.1) is 19.0 Å². The molecule has 3 aliphatic carbocycles. The first-order valence-corrected chi connectivity index (χ1v) is 12.4. The molecule has 0 aliphatic heterocycles. The van der Waals surface area contributed by atoms with E-state index in [0.29, 0.717) is 12.2 Å². The van der Waals surface area contributed by atoms with Crippen molar-refractivity contribution in [2.75, 3.05) is 5.32 Å². The minimum Gasteiger partial charge on any atom is -0.452 e. The van der Waals surface area contributed by atoms with Crippen molar-refractivity contribution in [3.63, 3.8) is 0 Å². The van der Waals surface area contributed by atoms with Gasteiger partial charge in [-0.05, 0) is 73.6 Å². The summed E-state index contributed by atoms with van der Waals surface area (Å²) in [5.41, 5.74) is 12.2. The highest BCUT2D eigenvalue weighted by molar-refractivity contribution is 7.91. The van der Waals surface area contributed by atoms with Crippen molar-refractivity contribution in [1.29, 1.82) is 4.78 Å². The number of benzene rings is 1. The molecular weight excluding hydrogens is 416 g/mol. The van der Waals surface area contributed by atoms with Crippen LogP contribution in [0.4, 0.5) is 10.5 Å².